The van der Waals surface area contributed by atoms with Gasteiger partial charge in [-0.3, -0.25) is 4.79 Å². The van der Waals surface area contributed by atoms with Gasteiger partial charge in [-0.25, -0.2) is 0 Å². The first-order valence-electron chi connectivity index (χ1n) is 5.78. The summed E-state index contributed by atoms with van der Waals surface area (Å²) >= 11 is 0. The van der Waals surface area contributed by atoms with Crippen LogP contribution >= 0.6 is 0 Å². The highest BCUT2D eigenvalue weighted by atomic mass is 16.4. The monoisotopic (exact) mass is 218 g/mol. The smallest absolute Gasteiger partial charge is 0.307 e. The van der Waals surface area contributed by atoms with Crippen molar-refractivity contribution < 1.29 is 9.90 Å². The number of carboxylic acid groups (broad SMARTS) is 1. The fourth-order valence-electron chi connectivity index (χ4n) is 2.29. The zero-order valence-corrected chi connectivity index (χ0v) is 10.0. The minimum absolute atomic E-state index is 0.138. The predicted octanol–water partition coefficient (Wildman–Crippen LogP) is 3.17. The molecular weight excluding hydrogens is 200 g/mol. The number of rotatable bonds is 3. The molecule has 1 saturated carbocycles. The van der Waals surface area contributed by atoms with Crippen molar-refractivity contribution >= 4 is 5.97 Å². The lowest BCUT2D eigenvalue weighted by molar-refractivity contribution is -0.138. The summed E-state index contributed by atoms with van der Waals surface area (Å²) in [7, 11) is 0. The lowest BCUT2D eigenvalue weighted by Gasteiger charge is -2.12. The lowest BCUT2D eigenvalue weighted by atomic mass is 9.92. The van der Waals surface area contributed by atoms with Crippen LogP contribution in [0.1, 0.15) is 44.2 Å². The van der Waals surface area contributed by atoms with Crippen LogP contribution in [-0.4, -0.2) is 11.1 Å². The summed E-state index contributed by atoms with van der Waals surface area (Å²) < 4.78 is 0. The third kappa shape index (κ3) is 1.73. The maximum atomic E-state index is 10.9. The molecule has 0 aromatic heterocycles. The highest BCUT2D eigenvalue weighted by Crippen LogP contribution is 2.54. The highest BCUT2D eigenvalue weighted by molar-refractivity contribution is 5.77. The van der Waals surface area contributed by atoms with E-state index in [0.29, 0.717) is 5.92 Å². The van der Waals surface area contributed by atoms with Crippen molar-refractivity contribution in [3.63, 3.8) is 0 Å². The van der Waals surface area contributed by atoms with Gasteiger partial charge in [0.25, 0.3) is 0 Å². The first-order valence-corrected chi connectivity index (χ1v) is 5.78. The van der Waals surface area contributed by atoms with Gasteiger partial charge in [0.1, 0.15) is 0 Å². The summed E-state index contributed by atoms with van der Waals surface area (Å²) in [6.07, 6.45) is 0.767. The van der Waals surface area contributed by atoms with Crippen LogP contribution in [0.5, 0.6) is 0 Å². The molecule has 2 heteroatoms. The molecule has 2 atom stereocenters. The molecule has 1 aromatic carbocycles. The van der Waals surface area contributed by atoms with E-state index < -0.39 is 5.97 Å². The van der Waals surface area contributed by atoms with Gasteiger partial charge in [0.05, 0.1) is 5.92 Å². The number of carbonyl (C=O) groups is 1. The van der Waals surface area contributed by atoms with Gasteiger partial charge < -0.3 is 5.11 Å². The molecule has 2 unspecified atom stereocenters. The third-order valence-electron chi connectivity index (χ3n) is 3.77. The Balaban J connectivity index is 2.21. The van der Waals surface area contributed by atoms with E-state index in [1.54, 1.807) is 0 Å². The summed E-state index contributed by atoms with van der Waals surface area (Å²) in [5, 5.41) is 8.99. The van der Waals surface area contributed by atoms with E-state index in [1.807, 2.05) is 6.92 Å². The van der Waals surface area contributed by atoms with Gasteiger partial charge >= 0.3 is 5.97 Å². The molecule has 1 fully saturated rings. The molecule has 0 heterocycles. The molecule has 0 radical (unpaired) electrons. The Morgan fingerprint density at radius 1 is 1.38 bits per heavy atom. The average Bonchev–Trinajstić information content (AvgIpc) is 2.93. The van der Waals surface area contributed by atoms with Gasteiger partial charge in [0.2, 0.25) is 0 Å². The molecule has 86 valence electrons. The molecule has 0 spiro atoms. The fraction of sp³-hybridized carbons (Fsp3) is 0.500. The number of aliphatic carboxylic acids is 1. The molecule has 0 saturated heterocycles. The molecule has 16 heavy (non-hydrogen) atoms. The van der Waals surface area contributed by atoms with E-state index >= 15 is 0 Å². The van der Waals surface area contributed by atoms with Crippen LogP contribution in [0.3, 0.4) is 0 Å². The second-order valence-corrected chi connectivity index (χ2v) is 5.29. The molecule has 2 rings (SSSR count). The van der Waals surface area contributed by atoms with E-state index in [4.69, 9.17) is 5.11 Å². The number of hydrogen-bond donors (Lipinski definition) is 1. The molecule has 0 aliphatic heterocycles. The molecule has 1 N–H and O–H groups in total. The van der Waals surface area contributed by atoms with Crippen molar-refractivity contribution in [2.45, 2.75) is 38.5 Å². The Kier molecular flexibility index (Phi) is 2.53. The SMILES string of the molecule is CC(C)c1ccc(C2(C)CC2C(=O)O)cc1. The lowest BCUT2D eigenvalue weighted by Crippen LogP contribution is -2.11. The maximum absolute atomic E-state index is 10.9. The molecular formula is C14H18O2. The van der Waals surface area contributed by atoms with Crippen molar-refractivity contribution in [2.24, 2.45) is 5.92 Å². The average molecular weight is 218 g/mol. The quantitative estimate of drug-likeness (QED) is 0.846. The summed E-state index contributed by atoms with van der Waals surface area (Å²) in [5.74, 6) is -0.343. The topological polar surface area (TPSA) is 37.3 Å². The van der Waals surface area contributed by atoms with Crippen molar-refractivity contribution in [1.29, 1.82) is 0 Å². The second-order valence-electron chi connectivity index (χ2n) is 5.29. The Labute approximate surface area is 96.3 Å². The maximum Gasteiger partial charge on any atom is 0.307 e. The zero-order valence-electron chi connectivity index (χ0n) is 10.0. The molecule has 0 amide bonds. The van der Waals surface area contributed by atoms with E-state index in [0.717, 1.165) is 12.0 Å². The van der Waals surface area contributed by atoms with Gasteiger partial charge in [-0.05, 0) is 23.5 Å². The second kappa shape index (κ2) is 3.62. The van der Waals surface area contributed by atoms with Crippen LogP contribution < -0.4 is 0 Å². The Hall–Kier alpha value is -1.31. The zero-order chi connectivity index (χ0) is 11.9. The molecule has 2 nitrogen and oxygen atoms in total. The summed E-state index contributed by atoms with van der Waals surface area (Å²) in [6.45, 7) is 6.36. The summed E-state index contributed by atoms with van der Waals surface area (Å²) in [4.78, 5) is 10.9. The first-order chi connectivity index (χ1) is 7.45. The van der Waals surface area contributed by atoms with Crippen LogP contribution in [0.2, 0.25) is 0 Å². The fourth-order valence-corrected chi connectivity index (χ4v) is 2.29. The van der Waals surface area contributed by atoms with Crippen LogP contribution in [0.15, 0.2) is 24.3 Å². The highest BCUT2D eigenvalue weighted by Gasteiger charge is 2.55. The van der Waals surface area contributed by atoms with E-state index in [1.165, 1.54) is 5.56 Å². The normalized spacial score (nSPS) is 28.1. The van der Waals surface area contributed by atoms with Gasteiger partial charge in [0, 0.05) is 5.41 Å². The minimum Gasteiger partial charge on any atom is -0.481 e. The van der Waals surface area contributed by atoms with Crippen molar-refractivity contribution in [2.75, 3.05) is 0 Å². The number of hydrogen-bond acceptors (Lipinski definition) is 1. The standard InChI is InChI=1S/C14H18O2/c1-9(2)10-4-6-11(7-5-10)14(3)8-12(14)13(15)16/h4-7,9,12H,8H2,1-3H3,(H,15,16). The van der Waals surface area contributed by atoms with Crippen LogP contribution in [0.25, 0.3) is 0 Å². The summed E-state index contributed by atoms with van der Waals surface area (Å²) in [6, 6.07) is 8.39. The van der Waals surface area contributed by atoms with Gasteiger partial charge in [-0.1, -0.05) is 45.0 Å². The van der Waals surface area contributed by atoms with E-state index in [-0.39, 0.29) is 11.3 Å². The Morgan fingerprint density at radius 3 is 2.31 bits per heavy atom. The van der Waals surface area contributed by atoms with E-state index in [2.05, 4.69) is 38.1 Å². The molecule has 0 bridgehead atoms. The molecule has 1 aliphatic rings. The van der Waals surface area contributed by atoms with Crippen LogP contribution in [0.4, 0.5) is 0 Å². The van der Waals surface area contributed by atoms with Crippen LogP contribution in [0, 0.1) is 5.92 Å². The molecule has 1 aromatic rings. The Bertz CT molecular complexity index is 405. The Morgan fingerprint density at radius 2 is 1.94 bits per heavy atom. The number of benzene rings is 1. The minimum atomic E-state index is -0.671. The number of carboxylic acids is 1. The largest absolute Gasteiger partial charge is 0.481 e. The summed E-state index contributed by atoms with van der Waals surface area (Å²) in [5.41, 5.74) is 2.32. The van der Waals surface area contributed by atoms with Crippen LogP contribution in [-0.2, 0) is 10.2 Å². The molecule has 1 aliphatic carbocycles. The predicted molar refractivity (Wildman–Crippen MR) is 63.6 cm³/mol. The van der Waals surface area contributed by atoms with Gasteiger partial charge in [0.15, 0.2) is 0 Å². The van der Waals surface area contributed by atoms with Gasteiger partial charge in [-0.2, -0.15) is 0 Å². The van der Waals surface area contributed by atoms with Gasteiger partial charge in [-0.15, -0.1) is 0 Å². The van der Waals surface area contributed by atoms with Crippen molar-refractivity contribution in [3.05, 3.63) is 35.4 Å². The van der Waals surface area contributed by atoms with Crippen molar-refractivity contribution in [3.8, 4) is 0 Å². The van der Waals surface area contributed by atoms with Crippen molar-refractivity contribution in [1.82, 2.24) is 0 Å². The first kappa shape index (κ1) is 11.2. The third-order valence-corrected chi connectivity index (χ3v) is 3.77. The van der Waals surface area contributed by atoms with E-state index in [9.17, 15) is 4.79 Å².